The topological polar surface area (TPSA) is 64.1 Å². The van der Waals surface area contributed by atoms with E-state index < -0.39 is 0 Å². The molecule has 130 valence electrons. The third kappa shape index (κ3) is 3.69. The monoisotopic (exact) mass is 347 g/mol. The number of nitrogens with one attached hydrogen (secondary N) is 1. The Bertz CT molecular complexity index is 706. The van der Waals surface area contributed by atoms with Crippen LogP contribution in [0.4, 0.5) is 0 Å². The highest BCUT2D eigenvalue weighted by atomic mass is 32.1. The molecule has 6 heteroatoms. The quantitative estimate of drug-likeness (QED) is 0.898. The molecule has 1 saturated carbocycles. The molecule has 2 heterocycles. The van der Waals surface area contributed by atoms with Gasteiger partial charge in [-0.1, -0.05) is 32.1 Å². The van der Waals surface area contributed by atoms with Crippen molar-refractivity contribution in [1.82, 2.24) is 15.3 Å². The van der Waals surface area contributed by atoms with Crippen molar-refractivity contribution in [2.45, 2.75) is 64.8 Å². The van der Waals surface area contributed by atoms with E-state index in [1.165, 1.54) is 49.8 Å². The number of thiophene rings is 1. The molecule has 2 aromatic heterocycles. The summed E-state index contributed by atoms with van der Waals surface area (Å²) in [5.74, 6) is 0.588. The number of hydrogen-bond acceptors (Lipinski definition) is 5. The summed E-state index contributed by atoms with van der Waals surface area (Å²) in [6.07, 6.45) is 9.96. The maximum atomic E-state index is 12.8. The number of hydrogen-bond donors (Lipinski definition) is 1. The van der Waals surface area contributed by atoms with Crippen LogP contribution in [0.2, 0.25) is 0 Å². The summed E-state index contributed by atoms with van der Waals surface area (Å²) in [5, 5.41) is 4.11. The Balaban J connectivity index is 1.81. The number of aromatic nitrogens is 2. The maximum Gasteiger partial charge on any atom is 0.261 e. The second-order valence-electron chi connectivity index (χ2n) is 6.36. The Hall–Kier alpha value is -1.69. The molecule has 24 heavy (non-hydrogen) atoms. The molecule has 1 aliphatic rings. The highest BCUT2D eigenvalue weighted by Crippen LogP contribution is 2.34. The lowest BCUT2D eigenvalue weighted by Gasteiger charge is -2.20. The van der Waals surface area contributed by atoms with Gasteiger partial charge in [0.1, 0.15) is 11.2 Å². The first-order valence-electron chi connectivity index (χ1n) is 8.88. The van der Waals surface area contributed by atoms with Gasteiger partial charge < -0.3 is 10.1 Å². The van der Waals surface area contributed by atoms with Gasteiger partial charge in [-0.2, -0.15) is 0 Å². The van der Waals surface area contributed by atoms with Gasteiger partial charge >= 0.3 is 0 Å². The van der Waals surface area contributed by atoms with Crippen LogP contribution in [-0.4, -0.2) is 28.5 Å². The first-order valence-corrected chi connectivity index (χ1v) is 9.70. The Morgan fingerprint density at radius 3 is 2.67 bits per heavy atom. The molecule has 3 rings (SSSR count). The zero-order valence-electron chi connectivity index (χ0n) is 14.4. The summed E-state index contributed by atoms with van der Waals surface area (Å²) in [7, 11) is 0. The smallest absolute Gasteiger partial charge is 0.261 e. The molecule has 2 aromatic rings. The number of carbonyl (C=O) groups excluding carboxylic acids is 1. The van der Waals surface area contributed by atoms with E-state index >= 15 is 0 Å². The molecule has 1 fully saturated rings. The Kier molecular flexibility index (Phi) is 5.66. The average Bonchev–Trinajstić information content (AvgIpc) is 2.88. The normalized spacial score (nSPS) is 16.6. The zero-order chi connectivity index (χ0) is 16.9. The van der Waals surface area contributed by atoms with Crippen LogP contribution in [0.3, 0.4) is 0 Å². The van der Waals surface area contributed by atoms with Gasteiger partial charge in [-0.3, -0.25) is 4.79 Å². The van der Waals surface area contributed by atoms with Gasteiger partial charge in [-0.05, 0) is 32.3 Å². The molecule has 0 bridgehead atoms. The van der Waals surface area contributed by atoms with Gasteiger partial charge in [-0.25, -0.2) is 9.97 Å². The van der Waals surface area contributed by atoms with Crippen LogP contribution in [-0.2, 0) is 0 Å². The molecule has 0 spiro atoms. The number of ether oxygens (including phenoxy) is 1. The number of carbonyl (C=O) groups is 1. The van der Waals surface area contributed by atoms with E-state index in [0.29, 0.717) is 18.5 Å². The minimum Gasteiger partial charge on any atom is -0.477 e. The molecule has 1 N–H and O–H groups in total. The fourth-order valence-electron chi connectivity index (χ4n) is 3.35. The third-order valence-electron chi connectivity index (χ3n) is 4.62. The molecular formula is C18H25N3O2S. The molecule has 0 aliphatic heterocycles. The van der Waals surface area contributed by atoms with Crippen LogP contribution in [0.1, 0.15) is 67.1 Å². The number of amides is 1. The van der Waals surface area contributed by atoms with Crippen molar-refractivity contribution in [2.75, 3.05) is 6.61 Å². The van der Waals surface area contributed by atoms with Crippen molar-refractivity contribution in [1.29, 1.82) is 0 Å². The Morgan fingerprint density at radius 2 is 1.96 bits per heavy atom. The van der Waals surface area contributed by atoms with E-state index in [2.05, 4.69) is 15.3 Å². The van der Waals surface area contributed by atoms with Gasteiger partial charge in [0.25, 0.3) is 5.91 Å². The van der Waals surface area contributed by atoms with Gasteiger partial charge in [0.05, 0.1) is 16.9 Å². The van der Waals surface area contributed by atoms with Crippen LogP contribution >= 0.6 is 11.3 Å². The lowest BCUT2D eigenvalue weighted by molar-refractivity contribution is 0.0934. The fraction of sp³-hybridized carbons (Fsp3) is 0.611. The van der Waals surface area contributed by atoms with E-state index in [1.54, 1.807) is 0 Å². The molecule has 1 aliphatic carbocycles. The van der Waals surface area contributed by atoms with Gasteiger partial charge in [0, 0.05) is 6.04 Å². The summed E-state index contributed by atoms with van der Waals surface area (Å²) in [4.78, 5) is 22.8. The van der Waals surface area contributed by atoms with Crippen molar-refractivity contribution >= 4 is 27.5 Å². The molecule has 1 amide bonds. The number of fused-ring (bicyclic) bond motifs is 1. The van der Waals surface area contributed by atoms with E-state index in [9.17, 15) is 4.79 Å². The maximum absolute atomic E-state index is 12.8. The van der Waals surface area contributed by atoms with Crippen LogP contribution in [0.25, 0.3) is 10.2 Å². The molecule has 0 atom stereocenters. The van der Waals surface area contributed by atoms with Crippen LogP contribution < -0.4 is 10.1 Å². The van der Waals surface area contributed by atoms with Crippen molar-refractivity contribution in [2.24, 2.45) is 0 Å². The highest BCUT2D eigenvalue weighted by molar-refractivity contribution is 7.20. The van der Waals surface area contributed by atoms with Crippen molar-refractivity contribution in [3.05, 3.63) is 16.8 Å². The van der Waals surface area contributed by atoms with Gasteiger partial charge in [0.15, 0.2) is 0 Å². The molecule has 0 radical (unpaired) electrons. The Morgan fingerprint density at radius 1 is 1.25 bits per heavy atom. The predicted molar refractivity (Wildman–Crippen MR) is 96.9 cm³/mol. The van der Waals surface area contributed by atoms with Crippen molar-refractivity contribution < 1.29 is 9.53 Å². The first-order chi connectivity index (χ1) is 11.7. The van der Waals surface area contributed by atoms with Crippen molar-refractivity contribution in [3.8, 4) is 5.88 Å². The van der Waals surface area contributed by atoms with Gasteiger partial charge in [0.2, 0.25) is 5.88 Å². The molecular weight excluding hydrogens is 322 g/mol. The van der Waals surface area contributed by atoms with E-state index in [1.807, 2.05) is 13.8 Å². The summed E-state index contributed by atoms with van der Waals surface area (Å²) >= 11 is 1.43. The van der Waals surface area contributed by atoms with E-state index in [0.717, 1.165) is 33.5 Å². The van der Waals surface area contributed by atoms with Crippen LogP contribution in [0.5, 0.6) is 5.88 Å². The number of aryl methyl sites for hydroxylation is 1. The summed E-state index contributed by atoms with van der Waals surface area (Å²) in [6, 6.07) is 0.292. The molecule has 0 aromatic carbocycles. The molecule has 0 unspecified atom stereocenters. The zero-order valence-corrected chi connectivity index (χ0v) is 15.2. The highest BCUT2D eigenvalue weighted by Gasteiger charge is 2.22. The lowest BCUT2D eigenvalue weighted by Crippen LogP contribution is -2.35. The number of rotatable bonds is 4. The van der Waals surface area contributed by atoms with E-state index in [-0.39, 0.29) is 5.91 Å². The van der Waals surface area contributed by atoms with Crippen LogP contribution in [0, 0.1) is 6.92 Å². The summed E-state index contributed by atoms with van der Waals surface area (Å²) in [6.45, 7) is 4.43. The third-order valence-corrected chi connectivity index (χ3v) is 5.82. The van der Waals surface area contributed by atoms with Crippen LogP contribution in [0.15, 0.2) is 6.33 Å². The largest absolute Gasteiger partial charge is 0.477 e. The summed E-state index contributed by atoms with van der Waals surface area (Å²) in [5.41, 5.74) is 0.919. The fourth-order valence-corrected chi connectivity index (χ4v) is 4.40. The minimum absolute atomic E-state index is 0.0171. The second kappa shape index (κ2) is 7.92. The first kappa shape index (κ1) is 17.1. The second-order valence-corrected chi connectivity index (χ2v) is 7.36. The summed E-state index contributed by atoms with van der Waals surface area (Å²) < 4.78 is 5.60. The molecule has 0 saturated heterocycles. The SMILES string of the molecule is CCOc1ncnc2sc(C(=O)NC3CCCCCCC3)c(C)c12. The minimum atomic E-state index is 0.0171. The Labute approximate surface area is 146 Å². The lowest BCUT2D eigenvalue weighted by atomic mass is 9.96. The predicted octanol–water partition coefficient (Wildman–Crippen LogP) is 4.24. The van der Waals surface area contributed by atoms with Crippen molar-refractivity contribution in [3.63, 3.8) is 0 Å². The number of nitrogens with zero attached hydrogens (tertiary/aromatic N) is 2. The molecule has 5 nitrogen and oxygen atoms in total. The van der Waals surface area contributed by atoms with Gasteiger partial charge in [-0.15, -0.1) is 11.3 Å². The van der Waals surface area contributed by atoms with E-state index in [4.69, 9.17) is 4.74 Å². The average molecular weight is 347 g/mol. The standard InChI is InChI=1S/C18H25N3O2S/c1-3-23-17-14-12(2)15(24-18(14)20-11-19-17)16(22)21-13-9-7-5-4-6-8-10-13/h11,13H,3-10H2,1-2H3,(H,21,22).